The highest BCUT2D eigenvalue weighted by molar-refractivity contribution is 9.08. The van der Waals surface area contributed by atoms with E-state index in [9.17, 15) is 0 Å². The van der Waals surface area contributed by atoms with Crippen LogP contribution >= 0.6 is 39.1 Å². The van der Waals surface area contributed by atoms with Gasteiger partial charge in [0, 0.05) is 20.9 Å². The molecule has 0 aliphatic carbocycles. The highest BCUT2D eigenvalue weighted by atomic mass is 79.9. The van der Waals surface area contributed by atoms with E-state index in [2.05, 4.69) is 40.2 Å². The van der Waals surface area contributed by atoms with Crippen molar-refractivity contribution in [1.29, 1.82) is 0 Å². The molecule has 0 fully saturated rings. The fraction of sp³-hybridized carbons (Fsp3) is 0.0667. The second-order valence-electron chi connectivity index (χ2n) is 3.84. The number of hydrogen-bond donors (Lipinski definition) is 0. The molecule has 0 atom stereocenters. The van der Waals surface area contributed by atoms with E-state index in [1.807, 2.05) is 30.4 Å². The Morgan fingerprint density at radius 2 is 1.50 bits per heavy atom. The lowest BCUT2D eigenvalue weighted by molar-refractivity contribution is 1.43. The van der Waals surface area contributed by atoms with Crippen molar-refractivity contribution in [2.75, 3.05) is 0 Å². The van der Waals surface area contributed by atoms with E-state index >= 15 is 0 Å². The van der Waals surface area contributed by atoms with Crippen LogP contribution in [0.15, 0.2) is 42.5 Å². The van der Waals surface area contributed by atoms with Gasteiger partial charge in [-0.2, -0.15) is 0 Å². The van der Waals surface area contributed by atoms with Crippen LogP contribution in [0.1, 0.15) is 16.7 Å². The monoisotopic (exact) mass is 340 g/mol. The molecule has 0 aliphatic heterocycles. The van der Waals surface area contributed by atoms with Crippen LogP contribution in [0, 0.1) is 0 Å². The van der Waals surface area contributed by atoms with Crippen molar-refractivity contribution in [3.05, 3.63) is 69.2 Å². The SMILES string of the molecule is Clc1cccc(Cl)c1C=Cc1ccc(CBr)cc1. The first kappa shape index (κ1) is 13.7. The van der Waals surface area contributed by atoms with Crippen molar-refractivity contribution in [3.63, 3.8) is 0 Å². The summed E-state index contributed by atoms with van der Waals surface area (Å²) in [6.07, 6.45) is 3.94. The van der Waals surface area contributed by atoms with Gasteiger partial charge in [0.25, 0.3) is 0 Å². The molecule has 0 bridgehead atoms. The first-order valence-electron chi connectivity index (χ1n) is 5.47. The van der Waals surface area contributed by atoms with Crippen molar-refractivity contribution in [2.24, 2.45) is 0 Å². The highest BCUT2D eigenvalue weighted by Gasteiger charge is 2.00. The fourth-order valence-electron chi connectivity index (χ4n) is 1.57. The molecule has 0 unspecified atom stereocenters. The van der Waals surface area contributed by atoms with Crippen LogP contribution in [-0.2, 0) is 5.33 Å². The van der Waals surface area contributed by atoms with Crippen LogP contribution in [0.4, 0.5) is 0 Å². The summed E-state index contributed by atoms with van der Waals surface area (Å²) in [5.74, 6) is 0. The quantitative estimate of drug-likeness (QED) is 0.470. The topological polar surface area (TPSA) is 0 Å². The Kier molecular flexibility index (Phi) is 4.87. The van der Waals surface area contributed by atoms with Gasteiger partial charge in [-0.25, -0.2) is 0 Å². The van der Waals surface area contributed by atoms with E-state index in [0.717, 1.165) is 16.5 Å². The summed E-state index contributed by atoms with van der Waals surface area (Å²) in [6, 6.07) is 13.8. The van der Waals surface area contributed by atoms with Gasteiger partial charge in [0.05, 0.1) is 0 Å². The first-order valence-corrected chi connectivity index (χ1v) is 7.35. The molecule has 0 N–H and O–H groups in total. The molecule has 0 amide bonds. The third kappa shape index (κ3) is 3.38. The molecule has 0 aromatic heterocycles. The van der Waals surface area contributed by atoms with Crippen LogP contribution in [0.5, 0.6) is 0 Å². The van der Waals surface area contributed by atoms with Crippen LogP contribution in [-0.4, -0.2) is 0 Å². The Bertz CT molecular complexity index is 539. The maximum atomic E-state index is 6.10. The lowest BCUT2D eigenvalue weighted by atomic mass is 10.1. The molecule has 0 saturated heterocycles. The zero-order valence-corrected chi connectivity index (χ0v) is 12.6. The highest BCUT2D eigenvalue weighted by Crippen LogP contribution is 2.26. The number of hydrogen-bond acceptors (Lipinski definition) is 0. The lowest BCUT2D eigenvalue weighted by Crippen LogP contribution is -1.79. The predicted molar refractivity (Wildman–Crippen MR) is 84.5 cm³/mol. The average Bonchev–Trinajstić information content (AvgIpc) is 2.39. The smallest absolute Gasteiger partial charge is 0.0493 e. The zero-order valence-electron chi connectivity index (χ0n) is 9.54. The molecule has 0 heterocycles. The Morgan fingerprint density at radius 3 is 2.06 bits per heavy atom. The van der Waals surface area contributed by atoms with Crippen molar-refractivity contribution in [2.45, 2.75) is 5.33 Å². The van der Waals surface area contributed by atoms with Gasteiger partial charge in [-0.15, -0.1) is 0 Å². The molecule has 2 aromatic carbocycles. The summed E-state index contributed by atoms with van der Waals surface area (Å²) in [5, 5.41) is 2.19. The molecule has 0 nitrogen and oxygen atoms in total. The minimum absolute atomic E-state index is 0.663. The maximum Gasteiger partial charge on any atom is 0.0493 e. The van der Waals surface area contributed by atoms with Crippen molar-refractivity contribution >= 4 is 51.3 Å². The molecule has 92 valence electrons. The van der Waals surface area contributed by atoms with Crippen LogP contribution < -0.4 is 0 Å². The van der Waals surface area contributed by atoms with E-state index in [1.165, 1.54) is 5.56 Å². The second-order valence-corrected chi connectivity index (χ2v) is 5.22. The number of benzene rings is 2. The maximum absolute atomic E-state index is 6.10. The third-order valence-electron chi connectivity index (χ3n) is 2.58. The number of halogens is 3. The molecule has 2 rings (SSSR count). The van der Waals surface area contributed by atoms with Gasteiger partial charge in [-0.1, -0.05) is 81.6 Å². The summed E-state index contributed by atoms with van der Waals surface area (Å²) < 4.78 is 0. The minimum atomic E-state index is 0.663. The minimum Gasteiger partial charge on any atom is -0.0876 e. The standard InChI is InChI=1S/C15H11BrCl2/c16-10-12-6-4-11(5-7-12)8-9-13-14(17)2-1-3-15(13)18/h1-9H,10H2. The Morgan fingerprint density at radius 1 is 0.889 bits per heavy atom. The average molecular weight is 342 g/mol. The summed E-state index contributed by atoms with van der Waals surface area (Å²) in [5.41, 5.74) is 3.23. The molecule has 2 aromatic rings. The summed E-state index contributed by atoms with van der Waals surface area (Å²) in [4.78, 5) is 0. The van der Waals surface area contributed by atoms with Crippen LogP contribution in [0.3, 0.4) is 0 Å². The van der Waals surface area contributed by atoms with Gasteiger partial charge in [0.1, 0.15) is 0 Å². The molecule has 0 spiro atoms. The molecule has 3 heteroatoms. The third-order valence-corrected chi connectivity index (χ3v) is 3.88. The van der Waals surface area contributed by atoms with E-state index in [0.29, 0.717) is 10.0 Å². The molecule has 0 saturated carbocycles. The van der Waals surface area contributed by atoms with E-state index in [4.69, 9.17) is 23.2 Å². The van der Waals surface area contributed by atoms with Crippen molar-refractivity contribution < 1.29 is 0 Å². The van der Waals surface area contributed by atoms with Gasteiger partial charge < -0.3 is 0 Å². The molecule has 18 heavy (non-hydrogen) atoms. The Labute approximate surface area is 125 Å². The number of alkyl halides is 1. The summed E-state index contributed by atoms with van der Waals surface area (Å²) >= 11 is 15.6. The predicted octanol–water partition coefficient (Wildman–Crippen LogP) is 6.06. The largest absolute Gasteiger partial charge is 0.0876 e. The molecular weight excluding hydrogens is 331 g/mol. The fourth-order valence-corrected chi connectivity index (χ4v) is 2.46. The lowest BCUT2D eigenvalue weighted by Gasteiger charge is -2.01. The van der Waals surface area contributed by atoms with Gasteiger partial charge in [-0.05, 0) is 23.3 Å². The molecular formula is C15H11BrCl2. The summed E-state index contributed by atoms with van der Waals surface area (Å²) in [7, 11) is 0. The van der Waals surface area contributed by atoms with E-state index in [-0.39, 0.29) is 0 Å². The molecule has 0 radical (unpaired) electrons. The number of rotatable bonds is 3. The second kappa shape index (κ2) is 6.42. The van der Waals surface area contributed by atoms with E-state index < -0.39 is 0 Å². The van der Waals surface area contributed by atoms with E-state index in [1.54, 1.807) is 0 Å². The Hall–Kier alpha value is -0.760. The Balaban J connectivity index is 2.24. The van der Waals surface area contributed by atoms with Crippen LogP contribution in [0.25, 0.3) is 12.2 Å². The van der Waals surface area contributed by atoms with Gasteiger partial charge in [0.15, 0.2) is 0 Å². The zero-order chi connectivity index (χ0) is 13.0. The van der Waals surface area contributed by atoms with Crippen LogP contribution in [0.2, 0.25) is 10.0 Å². The van der Waals surface area contributed by atoms with Crippen molar-refractivity contribution in [1.82, 2.24) is 0 Å². The first-order chi connectivity index (χ1) is 8.70. The van der Waals surface area contributed by atoms with Gasteiger partial charge >= 0.3 is 0 Å². The normalized spacial score (nSPS) is 11.1. The summed E-state index contributed by atoms with van der Waals surface area (Å²) in [6.45, 7) is 0. The van der Waals surface area contributed by atoms with Gasteiger partial charge in [-0.3, -0.25) is 0 Å². The van der Waals surface area contributed by atoms with Gasteiger partial charge in [0.2, 0.25) is 0 Å². The molecule has 0 aliphatic rings. The van der Waals surface area contributed by atoms with Crippen molar-refractivity contribution in [3.8, 4) is 0 Å².